The Bertz CT molecular complexity index is 5280. The largest absolute Gasteiger partial charge is 0.444 e. The van der Waals surface area contributed by atoms with Crippen LogP contribution in [-0.2, 0) is 52.4 Å². The van der Waals surface area contributed by atoms with Crippen LogP contribution in [0.4, 0.5) is 46.7 Å². The zero-order chi connectivity index (χ0) is 99.6. The smallest absolute Gasteiger partial charge is 0.412 e. The number of carbonyl (C=O) groups excluding carboxylic acids is 5. The van der Waals surface area contributed by atoms with E-state index >= 15 is 0 Å². The summed E-state index contributed by atoms with van der Waals surface area (Å²) in [6.45, 7) is 40.2. The maximum Gasteiger partial charge on any atom is 0.412 e. The van der Waals surface area contributed by atoms with E-state index in [0.717, 1.165) is 245 Å². The van der Waals surface area contributed by atoms with Crippen molar-refractivity contribution in [2.45, 2.75) is 199 Å². The summed E-state index contributed by atoms with van der Waals surface area (Å²) in [5.41, 5.74) is 16.1. The number of ether oxygens (including phenoxy) is 8. The van der Waals surface area contributed by atoms with E-state index in [-0.39, 0.29) is 37.9 Å². The van der Waals surface area contributed by atoms with E-state index in [2.05, 4.69) is 209 Å². The van der Waals surface area contributed by atoms with Crippen LogP contribution >= 0.6 is 15.9 Å². The number of carbonyl (C=O) groups is 5. The van der Waals surface area contributed by atoms with Gasteiger partial charge in [-0.3, -0.25) is 0 Å². The predicted octanol–water partition coefficient (Wildman–Crippen LogP) is 22.2. The third kappa shape index (κ3) is 36.1. The molecule has 4 unspecified atom stereocenters. The molecule has 6 amide bonds. The normalized spacial score (nSPS) is 20.2. The maximum absolute atomic E-state index is 12.7. The van der Waals surface area contributed by atoms with Crippen LogP contribution in [0.3, 0.4) is 0 Å². The number of morpholine rings is 4. The topological polar surface area (TPSA) is 221 Å². The first kappa shape index (κ1) is 107. The molecule has 8 aromatic carbocycles. The number of hydrogen-bond donors (Lipinski definition) is 3. The Morgan fingerprint density at radius 3 is 1.06 bits per heavy atom. The van der Waals surface area contributed by atoms with Crippen LogP contribution in [0.25, 0.3) is 12.2 Å². The van der Waals surface area contributed by atoms with E-state index < -0.39 is 16.8 Å². The number of para-hydroxylation sites is 1. The monoisotopic (exact) mass is 2000 g/mol. The first-order valence-corrected chi connectivity index (χ1v) is 53.1. The molecule has 9 heterocycles. The van der Waals surface area contributed by atoms with Crippen LogP contribution < -0.4 is 40.3 Å². The van der Waals surface area contributed by atoms with E-state index in [0.29, 0.717) is 35.5 Å². The summed E-state index contributed by atoms with van der Waals surface area (Å²) in [6.07, 6.45) is 19.5. The molecule has 25 heteroatoms. The molecule has 11 aliphatic rings. The van der Waals surface area contributed by atoms with Crippen LogP contribution in [0.2, 0.25) is 0 Å². The zero-order valence-corrected chi connectivity index (χ0v) is 87.2. The van der Waals surface area contributed by atoms with E-state index in [1.165, 1.54) is 105 Å². The van der Waals surface area contributed by atoms with Crippen molar-refractivity contribution >= 4 is 81.2 Å². The first-order valence-electron chi connectivity index (χ1n) is 52.3. The Morgan fingerprint density at radius 2 is 0.690 bits per heavy atom. The summed E-state index contributed by atoms with van der Waals surface area (Å²) in [5, 5.41) is 9.58. The van der Waals surface area contributed by atoms with Crippen LogP contribution in [0.15, 0.2) is 228 Å². The fourth-order valence-electron chi connectivity index (χ4n) is 19.6. The van der Waals surface area contributed by atoms with Gasteiger partial charge in [0, 0.05) is 157 Å². The Hall–Kier alpha value is -10.9. The molecule has 9 saturated heterocycles. The van der Waals surface area contributed by atoms with Gasteiger partial charge in [-0.05, 0) is 301 Å². The summed E-state index contributed by atoms with van der Waals surface area (Å²) < 4.78 is 44.4. The number of benzene rings is 8. The Morgan fingerprint density at radius 1 is 0.366 bits per heavy atom. The number of urea groups is 1. The average Bonchev–Trinajstić information content (AvgIpc) is 1.65. The van der Waals surface area contributed by atoms with Gasteiger partial charge in [-0.1, -0.05) is 179 Å². The second-order valence-corrected chi connectivity index (χ2v) is 43.2. The molecule has 142 heavy (non-hydrogen) atoms. The van der Waals surface area contributed by atoms with Crippen LogP contribution in [-0.4, -0.2) is 250 Å². The van der Waals surface area contributed by atoms with Gasteiger partial charge in [0.1, 0.15) is 22.6 Å². The fourth-order valence-corrected chi connectivity index (χ4v) is 20.1. The van der Waals surface area contributed by atoms with Gasteiger partial charge in [-0.2, -0.15) is 0 Å². The molecule has 11 fully saturated rings. The molecule has 9 aliphatic heterocycles. The number of piperidine rings is 5. The predicted molar refractivity (Wildman–Crippen MR) is 575 cm³/mol. The molecule has 2 aliphatic carbocycles. The minimum atomic E-state index is -0.437. The molecule has 0 aromatic heterocycles. The molecule has 0 bridgehead atoms. The number of nitrogens with one attached hydrogen (secondary N) is 3. The van der Waals surface area contributed by atoms with E-state index in [1.54, 1.807) is 17.0 Å². The van der Waals surface area contributed by atoms with Crippen molar-refractivity contribution in [2.24, 2.45) is 17.8 Å². The van der Waals surface area contributed by atoms with Crippen molar-refractivity contribution in [3.63, 3.8) is 0 Å². The molecule has 0 radical (unpaired) electrons. The van der Waals surface area contributed by atoms with Crippen molar-refractivity contribution in [2.75, 3.05) is 190 Å². The van der Waals surface area contributed by atoms with Gasteiger partial charge in [0.05, 0.1) is 52.9 Å². The molecule has 0 spiro atoms. The van der Waals surface area contributed by atoms with Gasteiger partial charge < -0.3 is 93.0 Å². The van der Waals surface area contributed by atoms with Gasteiger partial charge in [0.15, 0.2) is 0 Å². The van der Waals surface area contributed by atoms with Crippen molar-refractivity contribution in [1.82, 2.24) is 35.6 Å². The van der Waals surface area contributed by atoms with Gasteiger partial charge in [-0.15, -0.1) is 0 Å². The second-order valence-electron chi connectivity index (χ2n) is 42.3. The lowest BCUT2D eigenvalue weighted by Gasteiger charge is -2.33. The first-order chi connectivity index (χ1) is 68.6. The van der Waals surface area contributed by atoms with E-state index in [9.17, 15) is 24.0 Å². The Labute approximate surface area is 854 Å². The number of amides is 6. The zero-order valence-electron chi connectivity index (χ0n) is 85.7. The van der Waals surface area contributed by atoms with Crippen LogP contribution in [0, 0.1) is 17.8 Å². The minimum Gasteiger partial charge on any atom is -0.444 e. The highest BCUT2D eigenvalue weighted by Gasteiger charge is 2.42. The highest BCUT2D eigenvalue weighted by molar-refractivity contribution is 9.10. The third-order valence-corrected chi connectivity index (χ3v) is 28.1. The number of halogens is 1. The molecule has 4 atom stereocenters. The maximum atomic E-state index is 12.7. The molecule has 24 nitrogen and oxygen atoms in total. The lowest BCUT2D eigenvalue weighted by atomic mass is 9.90. The van der Waals surface area contributed by atoms with E-state index in [4.69, 9.17) is 37.9 Å². The third-order valence-electron chi connectivity index (χ3n) is 27.6. The van der Waals surface area contributed by atoms with Gasteiger partial charge >= 0.3 is 30.4 Å². The molecular weight excluding hydrogens is 1850 g/mol. The molecule has 766 valence electrons. The lowest BCUT2D eigenvalue weighted by Crippen LogP contribution is -2.45. The minimum absolute atomic E-state index is 0. The van der Waals surface area contributed by atoms with Gasteiger partial charge in [0.25, 0.3) is 0 Å². The summed E-state index contributed by atoms with van der Waals surface area (Å²) >= 11 is 3.48. The number of likely N-dealkylation sites (tertiary alicyclic amines) is 4. The van der Waals surface area contributed by atoms with Crippen LogP contribution in [0.1, 0.15) is 192 Å². The van der Waals surface area contributed by atoms with Crippen molar-refractivity contribution in [1.29, 1.82) is 0 Å². The summed E-state index contributed by atoms with van der Waals surface area (Å²) in [4.78, 5) is 77.9. The number of rotatable bonds is 17. The quantitative estimate of drug-likeness (QED) is 0.0721. The number of hydrogen-bond acceptors (Lipinski definition) is 18. The number of nitrogens with zero attached hydrogens (tertiary/aromatic N) is 8. The summed E-state index contributed by atoms with van der Waals surface area (Å²) in [6, 6.07) is 74.4. The lowest BCUT2D eigenvalue weighted by molar-refractivity contribution is 0.0180. The average molecular weight is 2010 g/mol. The van der Waals surface area contributed by atoms with Crippen molar-refractivity contribution < 1.29 is 63.3 Å². The van der Waals surface area contributed by atoms with E-state index in [1.807, 2.05) is 132 Å². The highest BCUT2D eigenvalue weighted by Crippen LogP contribution is 2.43. The standard InChI is InChI=1S/C26H33N3O2.C21H32N2O3.C21H30N2O3.C17H22BrNO2.C16H24N2O.C16H15NO2.H2/c30-26(27-25-19-24(25)22-6-2-1-3-7-22)29-11-9-20(10-12-29)17-21-5-4-8-23(18-21)28-13-15-31-16-14-28;2*1-21(2,3)26-20(24)23-9-7-17(8-10-23)15-18-5-4-6-19(16-18)22-11-13-25-14-12-22;1-17(2,3)21-16(20)19-9-7-13(8-10-19)11-14-5-4-6-15(18)12-14;1-2-15(12-14-4-6-17-7-5-14)13-16(3-1)18-8-10-19-11-9-18;18-16(19-13-9-5-2-6-10-13)17-15-11-14(15)12-7-3-1-4-8-12;/h1-8,18,20,24-25H,9-17,19H2,(H,27,30);4-6,16-17H,7-15H2,1-3H3;4-6,15-16H,7-14H2,1-3H3;4-6,11-12H,7-10H2,1-3H3;1-3,13-14,17H,4-12H2;1-10,14-15H,11H2,(H,17,18);1H. The van der Waals surface area contributed by atoms with Crippen molar-refractivity contribution in [3.05, 3.63) is 267 Å². The number of anilines is 4. The summed E-state index contributed by atoms with van der Waals surface area (Å²) in [7, 11) is 0. The fraction of sp³-hybridized carbons (Fsp3) is 0.513. The van der Waals surface area contributed by atoms with Gasteiger partial charge in [0.2, 0.25) is 0 Å². The van der Waals surface area contributed by atoms with Crippen LogP contribution in [0.5, 0.6) is 5.75 Å². The molecule has 2 saturated carbocycles. The molecule has 8 aromatic rings. The molecular formula is C117H158BrN11O13. The Kier molecular flexibility index (Phi) is 40.3. The molecule has 3 N–H and O–H groups in total. The molecule has 19 rings (SSSR count). The van der Waals surface area contributed by atoms with Crippen molar-refractivity contribution in [3.8, 4) is 5.75 Å². The highest BCUT2D eigenvalue weighted by atomic mass is 79.9. The van der Waals surface area contributed by atoms with Gasteiger partial charge in [-0.25, -0.2) is 24.0 Å². The SMILES string of the molecule is CC(C)(C)OC(=O)N1CCC(=Cc2cccc(Br)c2)CC1.CC(C)(C)OC(=O)N1CCC(=Cc2cccc(N3CCOCC3)c2)CC1.CC(C)(C)OC(=O)N1CCC(Cc2cccc(N3CCOCC3)c2)CC1.O=C(NC1CC1c1ccccc1)N1CCC(Cc2cccc(N3CCOCC3)c2)CC1.O=C(NC1CC1c1ccccc1)Oc1ccccc1.[HH].c1cc(CC2CCNCC2)cc(N2CCOCC2)c1. The summed E-state index contributed by atoms with van der Waals surface area (Å²) in [5.74, 6) is 3.62. The second kappa shape index (κ2) is 53.6. The Balaban J connectivity index is 0.000000145.